The molecule has 37 heavy (non-hydrogen) atoms. The minimum atomic E-state index is 0.277. The molecule has 4 aromatic carbocycles. The van der Waals surface area contributed by atoms with Gasteiger partial charge in [-0.15, -0.1) is 0 Å². The normalized spacial score (nSPS) is 19.9. The van der Waals surface area contributed by atoms with E-state index in [9.17, 15) is 0 Å². The molecule has 1 aliphatic carbocycles. The summed E-state index contributed by atoms with van der Waals surface area (Å²) < 4.78 is 6.08. The number of hydrogen-bond donors (Lipinski definition) is 1. The first kappa shape index (κ1) is 23.6. The van der Waals surface area contributed by atoms with Crippen LogP contribution in [0.15, 0.2) is 108 Å². The van der Waals surface area contributed by atoms with Gasteiger partial charge < -0.3 is 10.1 Å². The van der Waals surface area contributed by atoms with Crippen LogP contribution >= 0.6 is 11.6 Å². The molecule has 0 bridgehead atoms. The number of benzene rings is 4. The Kier molecular flexibility index (Phi) is 6.55. The Hall–Kier alpha value is -3.82. The van der Waals surface area contributed by atoms with Crippen LogP contribution < -0.4 is 10.1 Å². The van der Waals surface area contributed by atoms with E-state index in [4.69, 9.17) is 21.3 Å². The van der Waals surface area contributed by atoms with Gasteiger partial charge in [0.05, 0.1) is 11.7 Å². The van der Waals surface area contributed by atoms with Crippen molar-refractivity contribution in [2.24, 2.45) is 10.9 Å². The number of hydrogen-bond acceptors (Lipinski definition) is 3. The van der Waals surface area contributed by atoms with Crippen molar-refractivity contribution in [2.75, 3.05) is 5.32 Å². The minimum absolute atomic E-state index is 0.277. The number of rotatable bonds is 6. The fourth-order valence-corrected chi connectivity index (χ4v) is 5.62. The number of allylic oxidation sites excluding steroid dienone is 2. The van der Waals surface area contributed by atoms with Crippen molar-refractivity contribution >= 4 is 29.2 Å². The van der Waals surface area contributed by atoms with Gasteiger partial charge >= 0.3 is 0 Å². The van der Waals surface area contributed by atoms with E-state index in [-0.39, 0.29) is 6.04 Å². The highest BCUT2D eigenvalue weighted by molar-refractivity contribution is 6.30. The first-order valence-corrected chi connectivity index (χ1v) is 13.2. The Morgan fingerprint density at radius 2 is 1.81 bits per heavy atom. The highest BCUT2D eigenvalue weighted by atomic mass is 35.5. The molecule has 1 heterocycles. The predicted molar refractivity (Wildman–Crippen MR) is 153 cm³/mol. The van der Waals surface area contributed by atoms with E-state index in [1.807, 2.05) is 42.6 Å². The second-order valence-corrected chi connectivity index (χ2v) is 10.3. The molecular formula is C33H29ClN2O. The molecule has 0 radical (unpaired) electrons. The molecule has 184 valence electrons. The number of nitrogens with one attached hydrogen (secondary N) is 1. The predicted octanol–water partition coefficient (Wildman–Crippen LogP) is 8.80. The zero-order valence-corrected chi connectivity index (χ0v) is 21.5. The van der Waals surface area contributed by atoms with Crippen LogP contribution in [0.2, 0.25) is 5.02 Å². The molecule has 0 aromatic heterocycles. The number of aliphatic imine (C=N–C) groups is 1. The summed E-state index contributed by atoms with van der Waals surface area (Å²) in [5.41, 5.74) is 8.13. The van der Waals surface area contributed by atoms with Crippen LogP contribution in [0.3, 0.4) is 0 Å². The van der Waals surface area contributed by atoms with Crippen molar-refractivity contribution in [1.29, 1.82) is 0 Å². The van der Waals surface area contributed by atoms with E-state index in [1.54, 1.807) is 0 Å². The van der Waals surface area contributed by atoms with Crippen LogP contribution in [0.25, 0.3) is 0 Å². The topological polar surface area (TPSA) is 33.6 Å². The molecule has 3 nitrogen and oxygen atoms in total. The molecule has 3 atom stereocenters. The van der Waals surface area contributed by atoms with Crippen LogP contribution in [-0.4, -0.2) is 6.21 Å². The van der Waals surface area contributed by atoms with E-state index >= 15 is 0 Å². The smallest absolute Gasteiger partial charge is 0.128 e. The summed E-state index contributed by atoms with van der Waals surface area (Å²) in [4.78, 5) is 4.74. The lowest BCUT2D eigenvalue weighted by Gasteiger charge is -2.37. The van der Waals surface area contributed by atoms with Gasteiger partial charge in [-0.25, -0.2) is 0 Å². The molecule has 4 heteroatoms. The SMILES string of the molecule is Cc1ccc2c(c1)[C@@H]1C=CC[C@H]1[C@@H](c1ccc(N=Cc3cc(Cl)ccc3OCc3ccccc3)cc1)N2. The zero-order chi connectivity index (χ0) is 25.2. The van der Waals surface area contributed by atoms with Crippen LogP contribution in [0.1, 0.15) is 46.2 Å². The Morgan fingerprint density at radius 3 is 2.65 bits per heavy atom. The molecule has 0 unspecified atom stereocenters. The molecule has 0 amide bonds. The lowest BCUT2D eigenvalue weighted by molar-refractivity contribution is 0.306. The number of nitrogens with zero attached hydrogens (tertiary/aromatic N) is 1. The van der Waals surface area contributed by atoms with E-state index < -0.39 is 0 Å². The first-order valence-electron chi connectivity index (χ1n) is 12.8. The Bertz CT molecular complexity index is 1460. The van der Waals surface area contributed by atoms with Crippen LogP contribution in [0, 0.1) is 12.8 Å². The summed E-state index contributed by atoms with van der Waals surface area (Å²) in [6, 6.07) is 31.3. The second-order valence-electron chi connectivity index (χ2n) is 9.87. The summed E-state index contributed by atoms with van der Waals surface area (Å²) >= 11 is 6.28. The molecule has 6 rings (SSSR count). The third-order valence-electron chi connectivity index (χ3n) is 7.33. The molecule has 0 fully saturated rings. The Balaban J connectivity index is 1.20. The molecule has 1 aliphatic heterocycles. The highest BCUT2D eigenvalue weighted by Gasteiger charge is 2.37. The van der Waals surface area contributed by atoms with Crippen molar-refractivity contribution < 1.29 is 4.74 Å². The molecule has 2 aliphatic rings. The number of halogens is 1. The summed E-state index contributed by atoms with van der Waals surface area (Å²) in [6.07, 6.45) is 7.64. The van der Waals surface area contributed by atoms with E-state index in [2.05, 4.69) is 79.0 Å². The Labute approximate surface area is 223 Å². The number of ether oxygens (including phenoxy) is 1. The maximum absolute atomic E-state index is 6.28. The summed E-state index contributed by atoms with van der Waals surface area (Å²) in [5.74, 6) is 1.75. The van der Waals surface area contributed by atoms with Gasteiger partial charge in [0.2, 0.25) is 0 Å². The van der Waals surface area contributed by atoms with Crippen molar-refractivity contribution in [2.45, 2.75) is 31.9 Å². The maximum atomic E-state index is 6.28. The van der Waals surface area contributed by atoms with E-state index in [0.29, 0.717) is 23.5 Å². The van der Waals surface area contributed by atoms with Gasteiger partial charge in [0, 0.05) is 28.4 Å². The fraction of sp³-hybridized carbons (Fsp3) is 0.182. The van der Waals surface area contributed by atoms with Crippen molar-refractivity contribution in [1.82, 2.24) is 0 Å². The lowest BCUT2D eigenvalue weighted by Crippen LogP contribution is -2.29. The largest absolute Gasteiger partial charge is 0.488 e. The average molecular weight is 505 g/mol. The average Bonchev–Trinajstić information content (AvgIpc) is 3.42. The summed E-state index contributed by atoms with van der Waals surface area (Å²) in [7, 11) is 0. The third kappa shape index (κ3) is 5.05. The zero-order valence-electron chi connectivity index (χ0n) is 20.8. The first-order chi connectivity index (χ1) is 18.1. The molecule has 0 saturated heterocycles. The fourth-order valence-electron chi connectivity index (χ4n) is 5.44. The van der Waals surface area contributed by atoms with Gasteiger partial charge in [0.1, 0.15) is 12.4 Å². The van der Waals surface area contributed by atoms with Crippen molar-refractivity contribution in [3.05, 3.63) is 136 Å². The summed E-state index contributed by atoms with van der Waals surface area (Å²) in [6.45, 7) is 2.66. The van der Waals surface area contributed by atoms with Crippen molar-refractivity contribution in [3.8, 4) is 5.75 Å². The quantitative estimate of drug-likeness (QED) is 0.210. The highest BCUT2D eigenvalue weighted by Crippen LogP contribution is 2.50. The van der Waals surface area contributed by atoms with Gasteiger partial charge in [0.25, 0.3) is 0 Å². The molecule has 1 N–H and O–H groups in total. The number of fused-ring (bicyclic) bond motifs is 3. The maximum Gasteiger partial charge on any atom is 0.128 e. The monoisotopic (exact) mass is 504 g/mol. The van der Waals surface area contributed by atoms with E-state index in [0.717, 1.165) is 29.0 Å². The van der Waals surface area contributed by atoms with Crippen LogP contribution in [-0.2, 0) is 6.61 Å². The van der Waals surface area contributed by atoms with Gasteiger partial charge in [-0.3, -0.25) is 4.99 Å². The van der Waals surface area contributed by atoms with Gasteiger partial charge in [0.15, 0.2) is 0 Å². The van der Waals surface area contributed by atoms with Crippen molar-refractivity contribution in [3.63, 3.8) is 0 Å². The molecular weight excluding hydrogens is 476 g/mol. The second kappa shape index (κ2) is 10.3. The Morgan fingerprint density at radius 1 is 0.973 bits per heavy atom. The van der Waals surface area contributed by atoms with Gasteiger partial charge in [-0.1, -0.05) is 83.9 Å². The lowest BCUT2D eigenvalue weighted by atomic mass is 9.76. The molecule has 0 spiro atoms. The molecule has 4 aromatic rings. The summed E-state index contributed by atoms with van der Waals surface area (Å²) in [5, 5.41) is 4.48. The minimum Gasteiger partial charge on any atom is -0.488 e. The van der Waals surface area contributed by atoms with Crippen LogP contribution in [0.4, 0.5) is 11.4 Å². The van der Waals surface area contributed by atoms with Gasteiger partial charge in [-0.2, -0.15) is 0 Å². The van der Waals surface area contributed by atoms with Gasteiger partial charge in [-0.05, 0) is 72.4 Å². The number of anilines is 1. The number of aryl methyl sites for hydroxylation is 1. The van der Waals surface area contributed by atoms with Crippen LogP contribution in [0.5, 0.6) is 5.75 Å². The third-order valence-corrected chi connectivity index (χ3v) is 7.57. The molecule has 0 saturated carbocycles. The standard InChI is InChI=1S/C33H29ClN2O/c1-22-10-16-31-30(18-22)28-8-5-9-29(28)33(36-31)24-11-14-27(15-12-24)35-20-25-19-26(34)13-17-32(25)37-21-23-6-3-2-4-7-23/h2-8,10-20,28-29,33,36H,9,21H2,1H3/t28-,29-,33-/m1/s1. The van der Waals surface area contributed by atoms with E-state index in [1.165, 1.54) is 22.4 Å².